The minimum atomic E-state index is -2.81. The molecule has 2 aliphatic heterocycles. The summed E-state index contributed by atoms with van der Waals surface area (Å²) in [5.74, 6) is 0. The number of hydrogen-bond acceptors (Lipinski definition) is 6. The molecule has 0 aliphatic carbocycles. The summed E-state index contributed by atoms with van der Waals surface area (Å²) in [5, 5.41) is 12.5. The number of nitrogens with zero attached hydrogens (tertiary/aromatic N) is 1. The van der Waals surface area contributed by atoms with Gasteiger partial charge in [-0.15, -0.1) is 0 Å². The molecular formula is C34H65NO5Si3. The van der Waals surface area contributed by atoms with Gasteiger partial charge in [0.15, 0.2) is 8.32 Å². The van der Waals surface area contributed by atoms with Gasteiger partial charge >= 0.3 is 17.1 Å². The van der Waals surface area contributed by atoms with Gasteiger partial charge in [-0.3, -0.25) is 4.90 Å². The van der Waals surface area contributed by atoms with E-state index in [0.29, 0.717) is 29.8 Å². The maximum absolute atomic E-state index is 12.5. The predicted molar refractivity (Wildman–Crippen MR) is 186 cm³/mol. The Morgan fingerprint density at radius 1 is 0.767 bits per heavy atom. The van der Waals surface area contributed by atoms with Crippen molar-refractivity contribution in [3.05, 3.63) is 35.9 Å². The molecule has 0 bridgehead atoms. The average Bonchev–Trinajstić information content (AvgIpc) is 3.07. The Morgan fingerprint density at radius 3 is 1.67 bits per heavy atom. The van der Waals surface area contributed by atoms with E-state index in [4.69, 9.17) is 17.4 Å². The number of likely N-dealkylation sites (tertiary alicyclic amines) is 1. The number of benzene rings is 1. The lowest BCUT2D eigenvalue weighted by molar-refractivity contribution is -0.133. The molecule has 3 rings (SSSR count). The van der Waals surface area contributed by atoms with Crippen LogP contribution in [0, 0.1) is 0 Å². The molecule has 1 aromatic rings. The maximum atomic E-state index is 12.5. The lowest BCUT2D eigenvalue weighted by Crippen LogP contribution is -2.66. The zero-order valence-corrected chi connectivity index (χ0v) is 32.9. The van der Waals surface area contributed by atoms with Crippen LogP contribution in [0.15, 0.2) is 30.3 Å². The minimum Gasteiger partial charge on any atom is -0.414 e. The topological polar surface area (TPSA) is 60.4 Å². The van der Waals surface area contributed by atoms with Crippen LogP contribution in [0.1, 0.15) is 102 Å². The van der Waals surface area contributed by atoms with Crippen LogP contribution in [0.2, 0.25) is 38.8 Å². The lowest BCUT2D eigenvalue weighted by Gasteiger charge is -2.50. The zero-order chi connectivity index (χ0) is 32.5. The van der Waals surface area contributed by atoms with E-state index < -0.39 is 37.6 Å². The molecule has 248 valence electrons. The Kier molecular flexibility index (Phi) is 12.6. The van der Waals surface area contributed by atoms with E-state index in [1.165, 1.54) is 5.56 Å². The number of aliphatic hydroxyl groups excluding tert-OH is 1. The second kappa shape index (κ2) is 14.6. The third kappa shape index (κ3) is 7.15. The van der Waals surface area contributed by atoms with E-state index in [1.807, 2.05) is 0 Å². The minimum absolute atomic E-state index is 0.202. The summed E-state index contributed by atoms with van der Waals surface area (Å²) in [6, 6.07) is 10.4. The highest BCUT2D eigenvalue weighted by atomic mass is 28.5. The first-order valence-electron chi connectivity index (χ1n) is 17.1. The molecule has 0 amide bonds. The van der Waals surface area contributed by atoms with E-state index in [1.54, 1.807) is 0 Å². The first-order chi connectivity index (χ1) is 20.0. The van der Waals surface area contributed by atoms with Gasteiger partial charge in [0.2, 0.25) is 0 Å². The second-order valence-corrected chi connectivity index (χ2v) is 29.8. The predicted octanol–water partition coefficient (Wildman–Crippen LogP) is 8.75. The number of aliphatic hydroxyl groups is 1. The Balaban J connectivity index is 2.13. The Labute approximate surface area is 267 Å². The number of hydrogen-bond donors (Lipinski definition) is 1. The molecule has 1 aromatic carbocycles. The second-order valence-electron chi connectivity index (χ2n) is 15.5. The molecule has 2 heterocycles. The largest absolute Gasteiger partial charge is 0.414 e. The van der Waals surface area contributed by atoms with Crippen molar-refractivity contribution in [1.82, 2.24) is 4.90 Å². The van der Waals surface area contributed by atoms with Gasteiger partial charge in [-0.1, -0.05) is 127 Å². The summed E-state index contributed by atoms with van der Waals surface area (Å²) in [4.78, 5) is 2.42. The van der Waals surface area contributed by atoms with Crippen molar-refractivity contribution in [2.75, 3.05) is 13.2 Å². The molecule has 9 heteroatoms. The van der Waals surface area contributed by atoms with Gasteiger partial charge in [0.25, 0.3) is 0 Å². The fraction of sp³-hybridized carbons (Fsp3) is 0.824. The van der Waals surface area contributed by atoms with Crippen molar-refractivity contribution in [2.24, 2.45) is 0 Å². The van der Waals surface area contributed by atoms with Gasteiger partial charge in [0.05, 0.1) is 24.9 Å². The monoisotopic (exact) mass is 651 g/mol. The van der Waals surface area contributed by atoms with Crippen LogP contribution in [0.3, 0.4) is 0 Å². The van der Waals surface area contributed by atoms with Crippen LogP contribution in [0.5, 0.6) is 0 Å². The Bertz CT molecular complexity index is 965. The van der Waals surface area contributed by atoms with Crippen LogP contribution in [0.4, 0.5) is 0 Å². The molecule has 43 heavy (non-hydrogen) atoms. The van der Waals surface area contributed by atoms with Crippen LogP contribution in [0.25, 0.3) is 0 Å². The smallest absolute Gasteiger partial charge is 0.335 e. The van der Waals surface area contributed by atoms with E-state index in [-0.39, 0.29) is 34.3 Å². The molecule has 0 spiro atoms. The lowest BCUT2D eigenvalue weighted by atomic mass is 9.93. The maximum Gasteiger partial charge on any atom is 0.335 e. The SMILES string of the molecule is CC(C)[Si]1(C(C)C)O[C@H]2[C@H](O)[C@@H](CO[Si](C(C)C)(C(C)C)C(C)C)N(Cc3ccccc3)C[C@@H]2O[Si](C(C)C)(C(C)C)O1. The summed E-state index contributed by atoms with van der Waals surface area (Å²) in [7, 11) is -7.71. The van der Waals surface area contributed by atoms with Gasteiger partial charge in [0, 0.05) is 13.1 Å². The first kappa shape index (κ1) is 37.1. The number of rotatable bonds is 12. The Morgan fingerprint density at radius 2 is 1.23 bits per heavy atom. The van der Waals surface area contributed by atoms with Crippen molar-refractivity contribution in [2.45, 2.75) is 167 Å². The molecule has 1 N–H and O–H groups in total. The zero-order valence-electron chi connectivity index (χ0n) is 29.9. The number of fused-ring (bicyclic) bond motifs is 1. The van der Waals surface area contributed by atoms with E-state index >= 15 is 0 Å². The van der Waals surface area contributed by atoms with Gasteiger partial charge in [-0.05, 0) is 44.4 Å². The van der Waals surface area contributed by atoms with Crippen molar-refractivity contribution in [3.8, 4) is 0 Å². The van der Waals surface area contributed by atoms with E-state index in [9.17, 15) is 5.11 Å². The fourth-order valence-corrected chi connectivity index (χ4v) is 25.2. The van der Waals surface area contributed by atoms with E-state index in [2.05, 4.69) is 132 Å². The standard InChI is InChI=1S/C34H65NO5Si3/c1-23(2)41(24(3)4,25(5)6)37-22-31-33(36)34-32(21-35(31)20-30-18-16-15-17-19-30)38-42(26(7)8,27(9)10)40-43(39-34,28(11)12)29(13)14/h15-19,23-29,31-34,36H,20-22H2,1-14H3/t31-,32+,33-,34-/m1/s1. The molecule has 0 unspecified atom stereocenters. The summed E-state index contributed by atoms with van der Waals surface area (Å²) >= 11 is 0. The van der Waals surface area contributed by atoms with Crippen molar-refractivity contribution in [1.29, 1.82) is 0 Å². The van der Waals surface area contributed by atoms with Crippen LogP contribution < -0.4 is 0 Å². The normalized spacial score (nSPS) is 26.7. The average molecular weight is 652 g/mol. The highest BCUT2D eigenvalue weighted by molar-refractivity contribution is 6.84. The summed E-state index contributed by atoms with van der Waals surface area (Å²) in [5.41, 5.74) is 3.62. The molecule has 4 atom stereocenters. The van der Waals surface area contributed by atoms with Crippen molar-refractivity contribution < 1.29 is 22.5 Å². The Hall–Kier alpha value is -0.369. The number of piperidine rings is 1. The molecule has 0 saturated carbocycles. The fourth-order valence-electron chi connectivity index (χ4n) is 8.40. The van der Waals surface area contributed by atoms with Crippen molar-refractivity contribution in [3.63, 3.8) is 0 Å². The third-order valence-electron chi connectivity index (χ3n) is 10.6. The first-order valence-corrected chi connectivity index (χ1v) is 23.2. The van der Waals surface area contributed by atoms with Crippen LogP contribution in [-0.4, -0.2) is 73.0 Å². The highest BCUT2D eigenvalue weighted by Crippen LogP contribution is 2.49. The van der Waals surface area contributed by atoms with Gasteiger partial charge < -0.3 is 22.5 Å². The van der Waals surface area contributed by atoms with E-state index in [0.717, 1.165) is 6.54 Å². The highest BCUT2D eigenvalue weighted by Gasteiger charge is 2.63. The summed E-state index contributed by atoms with van der Waals surface area (Å²) < 4.78 is 29.3. The van der Waals surface area contributed by atoms with Gasteiger partial charge in [0.1, 0.15) is 6.10 Å². The quantitative estimate of drug-likeness (QED) is 0.228. The molecule has 6 nitrogen and oxygen atoms in total. The van der Waals surface area contributed by atoms with Crippen LogP contribution >= 0.6 is 0 Å². The molecule has 0 aromatic heterocycles. The molecule has 2 fully saturated rings. The summed E-state index contributed by atoms with van der Waals surface area (Å²) in [6.45, 7) is 33.9. The van der Waals surface area contributed by atoms with Crippen LogP contribution in [-0.2, 0) is 23.9 Å². The van der Waals surface area contributed by atoms with Crippen molar-refractivity contribution >= 4 is 25.4 Å². The molecule has 2 saturated heterocycles. The molecule has 0 radical (unpaired) electrons. The van der Waals surface area contributed by atoms with Gasteiger partial charge in [-0.25, -0.2) is 0 Å². The molecule has 2 aliphatic rings. The third-order valence-corrected chi connectivity index (χ3v) is 27.0. The molecular weight excluding hydrogens is 587 g/mol. The van der Waals surface area contributed by atoms with Gasteiger partial charge in [-0.2, -0.15) is 0 Å². The summed E-state index contributed by atoms with van der Waals surface area (Å²) in [6.07, 6.45) is -1.46.